The topological polar surface area (TPSA) is 185 Å². The van der Waals surface area contributed by atoms with Crippen LogP contribution in [0.25, 0.3) is 0 Å². The highest BCUT2D eigenvalue weighted by Gasteiger charge is 2.37. The maximum absolute atomic E-state index is 11.6. The molecular weight excluding hydrogens is 600 g/mol. The Morgan fingerprint density at radius 3 is 1.27 bits per heavy atom. The lowest BCUT2D eigenvalue weighted by Gasteiger charge is -2.25. The van der Waals surface area contributed by atoms with E-state index in [0.717, 1.165) is 6.42 Å². The van der Waals surface area contributed by atoms with E-state index in [9.17, 15) is 28.8 Å². The summed E-state index contributed by atoms with van der Waals surface area (Å²) in [6.07, 6.45) is 0.538. The van der Waals surface area contributed by atoms with Crippen LogP contribution < -0.4 is 0 Å². The molecule has 0 spiro atoms. The zero-order chi connectivity index (χ0) is 36.1. The van der Waals surface area contributed by atoms with E-state index in [1.807, 2.05) is 0 Å². The highest BCUT2D eigenvalue weighted by atomic mass is 16.6. The van der Waals surface area contributed by atoms with Gasteiger partial charge >= 0.3 is 29.8 Å². The summed E-state index contributed by atoms with van der Waals surface area (Å²) < 4.78 is 42.8. The molecule has 0 saturated carbocycles. The third-order valence-corrected chi connectivity index (χ3v) is 5.28. The average Bonchev–Trinajstić information content (AvgIpc) is 2.97. The van der Waals surface area contributed by atoms with Crippen LogP contribution in [0, 0.1) is 10.8 Å². The van der Waals surface area contributed by atoms with Crippen LogP contribution in [-0.4, -0.2) is 124 Å². The molecular formula is C30H56O15. The molecule has 0 amide bonds. The van der Waals surface area contributed by atoms with Crippen molar-refractivity contribution in [2.75, 3.05) is 81.8 Å². The number of carbonyl (C=O) groups excluding carboxylic acids is 6. The second-order valence-electron chi connectivity index (χ2n) is 9.93. The lowest BCUT2D eigenvalue weighted by Crippen LogP contribution is -2.39. The van der Waals surface area contributed by atoms with Gasteiger partial charge in [0.05, 0.1) is 33.5 Å². The molecule has 0 fully saturated rings. The fourth-order valence-electron chi connectivity index (χ4n) is 2.61. The summed E-state index contributed by atoms with van der Waals surface area (Å²) in [5.74, 6) is -1.90. The summed E-state index contributed by atoms with van der Waals surface area (Å²) in [5.41, 5.74) is -1.87. The Morgan fingerprint density at radius 1 is 0.578 bits per heavy atom. The van der Waals surface area contributed by atoms with Crippen molar-refractivity contribution in [3.63, 3.8) is 0 Å². The number of Topliss-reactive ketones (excluding diaryl/α,β-unsaturated/α-hetero) is 1. The molecule has 45 heavy (non-hydrogen) atoms. The summed E-state index contributed by atoms with van der Waals surface area (Å²) in [6.45, 7) is 13.8. The molecule has 0 N–H and O–H groups in total. The molecule has 0 saturated heterocycles. The Kier molecular flexibility index (Phi) is 32.0. The van der Waals surface area contributed by atoms with Crippen molar-refractivity contribution < 1.29 is 71.4 Å². The van der Waals surface area contributed by atoms with E-state index in [4.69, 9.17) is 28.4 Å². The Morgan fingerprint density at radius 2 is 1.00 bits per heavy atom. The smallest absolute Gasteiger partial charge is 0.317 e. The predicted molar refractivity (Wildman–Crippen MR) is 162 cm³/mol. The van der Waals surface area contributed by atoms with Crippen molar-refractivity contribution in [3.8, 4) is 0 Å². The van der Waals surface area contributed by atoms with Gasteiger partial charge in [0, 0.05) is 62.2 Å². The summed E-state index contributed by atoms with van der Waals surface area (Å²) >= 11 is 0. The monoisotopic (exact) mass is 656 g/mol. The molecule has 3 atom stereocenters. The SMILES string of the molecule is CCOC(=O)C(C)(COC)COC(C)=O.COC(C)C(C)=O.COCC(C)(COC(C)=O)C(=O)OC.COCCCOC(C)=O. The first-order valence-corrected chi connectivity index (χ1v) is 14.0. The van der Waals surface area contributed by atoms with Crippen LogP contribution in [-0.2, 0) is 71.4 Å². The molecule has 0 rings (SSSR count). The molecule has 0 radical (unpaired) electrons. The molecule has 0 aromatic carbocycles. The molecule has 0 bridgehead atoms. The van der Waals surface area contributed by atoms with Crippen LogP contribution in [0.15, 0.2) is 0 Å². The third-order valence-electron chi connectivity index (χ3n) is 5.28. The van der Waals surface area contributed by atoms with E-state index in [1.165, 1.54) is 56.1 Å². The van der Waals surface area contributed by atoms with Crippen molar-refractivity contribution in [2.24, 2.45) is 10.8 Å². The normalized spacial score (nSPS) is 13.1. The minimum Gasteiger partial charge on any atom is -0.468 e. The standard InChI is InChI=1S/C10H18O5.C9H16O5.C6H12O3.C5H10O2/c1-5-14-9(12)10(3,6-13-4)7-15-8(2)11;1-7(10)14-6-9(2,5-12-3)8(11)13-4;1-6(7)9-5-3-4-8-2;1-4(6)5(2)7-3/h5-7H2,1-4H3;5-6H2,1-4H3;3-5H2,1-2H3;5H,1-3H3. The Bertz CT molecular complexity index is 845. The second kappa shape index (κ2) is 29.6. The molecule has 0 aliphatic heterocycles. The first-order valence-electron chi connectivity index (χ1n) is 14.0. The molecule has 15 heteroatoms. The van der Waals surface area contributed by atoms with Crippen LogP contribution in [0.3, 0.4) is 0 Å². The number of ether oxygens (including phenoxy) is 9. The average molecular weight is 657 g/mol. The summed E-state index contributed by atoms with van der Waals surface area (Å²) in [7, 11) is 7.37. The molecule has 0 aromatic heterocycles. The van der Waals surface area contributed by atoms with Gasteiger partial charge in [0.25, 0.3) is 0 Å². The van der Waals surface area contributed by atoms with Crippen molar-refractivity contribution in [1.82, 2.24) is 0 Å². The zero-order valence-corrected chi connectivity index (χ0v) is 29.4. The summed E-state index contributed by atoms with van der Waals surface area (Å²) in [5, 5.41) is 0. The number of hydrogen-bond donors (Lipinski definition) is 0. The summed E-state index contributed by atoms with van der Waals surface area (Å²) in [4.78, 5) is 64.6. The number of ketones is 1. The number of rotatable bonds is 17. The maximum Gasteiger partial charge on any atom is 0.317 e. The Balaban J connectivity index is -0.000000260. The van der Waals surface area contributed by atoms with Gasteiger partial charge in [-0.15, -0.1) is 0 Å². The quantitative estimate of drug-likeness (QED) is 0.126. The lowest BCUT2D eigenvalue weighted by atomic mass is 9.93. The highest BCUT2D eigenvalue weighted by molar-refractivity contribution is 5.80. The van der Waals surface area contributed by atoms with Gasteiger partial charge in [-0.25, -0.2) is 0 Å². The summed E-state index contributed by atoms with van der Waals surface area (Å²) in [6, 6.07) is 0. The van der Waals surface area contributed by atoms with Gasteiger partial charge in [-0.3, -0.25) is 28.8 Å². The van der Waals surface area contributed by atoms with E-state index in [2.05, 4.69) is 14.2 Å². The molecule has 3 unspecified atom stereocenters. The van der Waals surface area contributed by atoms with Crippen LogP contribution in [0.2, 0.25) is 0 Å². The fraction of sp³-hybridized carbons (Fsp3) is 0.800. The van der Waals surface area contributed by atoms with Crippen LogP contribution in [0.1, 0.15) is 61.8 Å². The number of hydrogen-bond acceptors (Lipinski definition) is 15. The third kappa shape index (κ3) is 29.3. The van der Waals surface area contributed by atoms with Gasteiger partial charge < -0.3 is 42.6 Å². The van der Waals surface area contributed by atoms with Gasteiger partial charge in [-0.2, -0.15) is 0 Å². The number of methoxy groups -OCH3 is 5. The van der Waals surface area contributed by atoms with Crippen molar-refractivity contribution in [3.05, 3.63) is 0 Å². The number of esters is 5. The van der Waals surface area contributed by atoms with Gasteiger partial charge in [0.2, 0.25) is 0 Å². The van der Waals surface area contributed by atoms with Crippen molar-refractivity contribution in [1.29, 1.82) is 0 Å². The maximum atomic E-state index is 11.6. The first-order chi connectivity index (χ1) is 20.9. The molecule has 0 aliphatic rings. The number of carbonyl (C=O) groups is 6. The Labute approximate surface area is 267 Å². The molecule has 0 aromatic rings. The van der Waals surface area contributed by atoms with Gasteiger partial charge in [0.15, 0.2) is 5.78 Å². The largest absolute Gasteiger partial charge is 0.468 e. The zero-order valence-electron chi connectivity index (χ0n) is 29.4. The van der Waals surface area contributed by atoms with Crippen molar-refractivity contribution >= 4 is 35.6 Å². The van der Waals surface area contributed by atoms with Gasteiger partial charge in [0.1, 0.15) is 30.1 Å². The minimum atomic E-state index is -0.935. The predicted octanol–water partition coefficient (Wildman–Crippen LogP) is 2.34. The highest BCUT2D eigenvalue weighted by Crippen LogP contribution is 2.20. The Hall–Kier alpha value is -3.14. The van der Waals surface area contributed by atoms with E-state index >= 15 is 0 Å². The van der Waals surface area contributed by atoms with Crippen molar-refractivity contribution in [2.45, 2.75) is 67.9 Å². The molecule has 15 nitrogen and oxygen atoms in total. The second-order valence-corrected chi connectivity index (χ2v) is 9.93. The van der Waals surface area contributed by atoms with Gasteiger partial charge in [-0.05, 0) is 34.6 Å². The molecule has 0 aliphatic carbocycles. The van der Waals surface area contributed by atoms with E-state index in [-0.39, 0.29) is 50.9 Å². The van der Waals surface area contributed by atoms with E-state index in [1.54, 1.807) is 34.8 Å². The molecule has 0 heterocycles. The van der Waals surface area contributed by atoms with Crippen LogP contribution in [0.5, 0.6) is 0 Å². The minimum absolute atomic E-state index is 0.0327. The van der Waals surface area contributed by atoms with Crippen LogP contribution >= 0.6 is 0 Å². The molecule has 266 valence electrons. The lowest BCUT2D eigenvalue weighted by molar-refractivity contribution is -0.166. The fourth-order valence-corrected chi connectivity index (χ4v) is 2.61. The van der Waals surface area contributed by atoms with E-state index < -0.39 is 34.7 Å². The van der Waals surface area contributed by atoms with Crippen LogP contribution in [0.4, 0.5) is 0 Å². The van der Waals surface area contributed by atoms with Gasteiger partial charge in [-0.1, -0.05) is 0 Å². The van der Waals surface area contributed by atoms with E-state index in [0.29, 0.717) is 13.2 Å². The first kappa shape index (κ1) is 48.8.